The Balaban J connectivity index is 1.52. The van der Waals surface area contributed by atoms with Gasteiger partial charge in [0.2, 0.25) is 11.4 Å². The van der Waals surface area contributed by atoms with Gasteiger partial charge in [-0.2, -0.15) is 0 Å². The van der Waals surface area contributed by atoms with E-state index >= 15 is 4.79 Å². The zero-order valence-corrected chi connectivity index (χ0v) is 38.9. The molecule has 63 heavy (non-hydrogen) atoms. The Bertz CT molecular complexity index is 1710. The van der Waals surface area contributed by atoms with Crippen LogP contribution in [-0.4, -0.2) is 133 Å². The average Bonchev–Trinajstić information content (AvgIpc) is 3.26. The molecule has 1 amide bonds. The number of rotatable bonds is 10. The lowest BCUT2D eigenvalue weighted by atomic mass is 9.81. The molecule has 354 valence electrons. The molecule has 4 heterocycles. The van der Waals surface area contributed by atoms with E-state index in [1.165, 1.54) is 20.4 Å². The maximum Gasteiger partial charge on any atom is 0.355 e. The van der Waals surface area contributed by atoms with Crippen molar-refractivity contribution in [1.82, 2.24) is 4.90 Å². The number of nitrogens with zero attached hydrogens (tertiary/aromatic N) is 2. The first-order chi connectivity index (χ1) is 30.0. The first-order valence-electron chi connectivity index (χ1n) is 23.4. The van der Waals surface area contributed by atoms with Gasteiger partial charge in [0.05, 0.1) is 31.0 Å². The maximum atomic E-state index is 15.0. The van der Waals surface area contributed by atoms with Gasteiger partial charge in [0.1, 0.15) is 18.8 Å². The normalized spacial score (nSPS) is 38.8. The van der Waals surface area contributed by atoms with Gasteiger partial charge in [0.25, 0.3) is 11.7 Å². The number of carbonyl (C=O) groups is 5. The van der Waals surface area contributed by atoms with Crippen LogP contribution in [0.3, 0.4) is 0 Å². The highest BCUT2D eigenvalue weighted by molar-refractivity contribution is 6.39. The number of aliphatic hydroxyl groups is 2. The van der Waals surface area contributed by atoms with Crippen molar-refractivity contribution in [3.05, 3.63) is 23.3 Å². The number of carbonyl (C=O) groups excluding carboxylic acids is 5. The number of amides is 1. The first kappa shape index (κ1) is 50.7. The van der Waals surface area contributed by atoms with Crippen molar-refractivity contribution in [2.24, 2.45) is 34.6 Å². The van der Waals surface area contributed by atoms with Crippen LogP contribution in [0, 0.1) is 29.6 Å². The Morgan fingerprint density at radius 2 is 1.67 bits per heavy atom. The molecule has 0 aromatic carbocycles. The third-order valence-corrected chi connectivity index (χ3v) is 14.1. The van der Waals surface area contributed by atoms with Gasteiger partial charge < -0.3 is 43.5 Å². The highest BCUT2D eigenvalue weighted by Crippen LogP contribution is 2.41. The molecule has 4 bridgehead atoms. The second-order valence-corrected chi connectivity index (χ2v) is 19.1. The molecular formula is C48H74N2O13. The lowest BCUT2D eigenvalue weighted by molar-refractivity contribution is -0.302. The van der Waals surface area contributed by atoms with Crippen molar-refractivity contribution >= 4 is 35.6 Å². The van der Waals surface area contributed by atoms with Gasteiger partial charge in [-0.15, -0.1) is 0 Å². The number of Topliss-reactive ketones (excluding diaryl/α,β-unsaturated/α-hetero) is 2. The first-order valence-corrected chi connectivity index (χ1v) is 23.4. The van der Waals surface area contributed by atoms with E-state index in [0.29, 0.717) is 62.7 Å². The minimum absolute atomic E-state index is 0.00390. The Kier molecular flexibility index (Phi) is 18.3. The molecule has 11 atom stereocenters. The SMILES string of the molecule is CCCCOC(=O)COC1CCC(C=C(C)C2OC(=O)C34CCCCN3C(=O)C(=O)C3(O)OC(C(OC)CC(C)CC(C)C/C(=C/C=N4)C(=O)CC(O)C2C)C(OC)CC3C)CC1. The lowest BCUT2D eigenvalue weighted by Gasteiger charge is -2.48. The van der Waals surface area contributed by atoms with Gasteiger partial charge in [-0.25, -0.2) is 9.59 Å². The maximum absolute atomic E-state index is 15.0. The van der Waals surface area contributed by atoms with Gasteiger partial charge in [-0.1, -0.05) is 47.1 Å². The molecular weight excluding hydrogens is 813 g/mol. The second-order valence-electron chi connectivity index (χ2n) is 19.1. The monoisotopic (exact) mass is 887 g/mol. The number of ether oxygens (including phenoxy) is 6. The molecule has 11 unspecified atom stereocenters. The molecule has 4 aliphatic heterocycles. The summed E-state index contributed by atoms with van der Waals surface area (Å²) in [5.74, 6) is -8.01. The van der Waals surface area contributed by atoms with E-state index in [4.69, 9.17) is 33.4 Å². The number of esters is 2. The highest BCUT2D eigenvalue weighted by atomic mass is 16.7. The van der Waals surface area contributed by atoms with Crippen LogP contribution in [0.15, 0.2) is 28.3 Å². The molecule has 0 aromatic heterocycles. The topological polar surface area (TPSA) is 197 Å². The number of allylic oxidation sites excluding steroid dienone is 3. The number of cyclic esters (lactones) is 1. The predicted octanol–water partition coefficient (Wildman–Crippen LogP) is 5.61. The van der Waals surface area contributed by atoms with Crippen LogP contribution in [0.1, 0.15) is 131 Å². The van der Waals surface area contributed by atoms with Crippen LogP contribution in [0.5, 0.6) is 0 Å². The molecule has 1 saturated carbocycles. The van der Waals surface area contributed by atoms with Crippen LogP contribution >= 0.6 is 0 Å². The Labute approximate surface area is 373 Å². The van der Waals surface area contributed by atoms with Crippen molar-refractivity contribution in [2.45, 2.75) is 180 Å². The number of hydrogen-bond acceptors (Lipinski definition) is 14. The van der Waals surface area contributed by atoms with Crippen molar-refractivity contribution in [3.8, 4) is 0 Å². The van der Waals surface area contributed by atoms with E-state index in [0.717, 1.165) is 30.6 Å². The lowest BCUT2D eigenvalue weighted by Crippen LogP contribution is -2.67. The fourth-order valence-electron chi connectivity index (χ4n) is 10.3. The van der Waals surface area contributed by atoms with Crippen LogP contribution < -0.4 is 0 Å². The van der Waals surface area contributed by atoms with Gasteiger partial charge in [0, 0.05) is 51.7 Å². The van der Waals surface area contributed by atoms with Crippen LogP contribution in [-0.2, 0) is 52.4 Å². The summed E-state index contributed by atoms with van der Waals surface area (Å²) in [6, 6.07) is 0. The van der Waals surface area contributed by atoms with Crippen LogP contribution in [0.2, 0.25) is 0 Å². The molecule has 1 spiro atoms. The molecule has 1 aliphatic carbocycles. The minimum Gasteiger partial charge on any atom is -0.464 e. The Morgan fingerprint density at radius 1 is 0.968 bits per heavy atom. The molecule has 3 fully saturated rings. The molecule has 0 radical (unpaired) electrons. The zero-order valence-electron chi connectivity index (χ0n) is 38.9. The summed E-state index contributed by atoms with van der Waals surface area (Å²) in [5.41, 5.74) is -0.962. The van der Waals surface area contributed by atoms with E-state index in [2.05, 4.69) is 6.92 Å². The molecule has 15 nitrogen and oxygen atoms in total. The summed E-state index contributed by atoms with van der Waals surface area (Å²) in [4.78, 5) is 76.5. The number of ketones is 2. The third-order valence-electron chi connectivity index (χ3n) is 14.1. The quantitative estimate of drug-likeness (QED) is 0.119. The van der Waals surface area contributed by atoms with Gasteiger partial charge in [-0.3, -0.25) is 19.4 Å². The minimum atomic E-state index is -2.57. The Morgan fingerprint density at radius 3 is 2.35 bits per heavy atom. The summed E-state index contributed by atoms with van der Waals surface area (Å²) in [6.07, 6.45) is 7.56. The zero-order chi connectivity index (χ0) is 46.1. The van der Waals surface area contributed by atoms with Gasteiger partial charge in [0.15, 0.2) is 5.78 Å². The van der Waals surface area contributed by atoms with Crippen molar-refractivity contribution in [3.63, 3.8) is 0 Å². The van der Waals surface area contributed by atoms with E-state index in [1.807, 2.05) is 26.8 Å². The number of methoxy groups -OCH3 is 2. The summed E-state index contributed by atoms with van der Waals surface area (Å²) >= 11 is 0. The van der Waals surface area contributed by atoms with Crippen molar-refractivity contribution in [2.75, 3.05) is 34.0 Å². The third kappa shape index (κ3) is 12.1. The fourth-order valence-corrected chi connectivity index (χ4v) is 10.3. The fraction of sp³-hybridized carbons (Fsp3) is 0.792. The largest absolute Gasteiger partial charge is 0.464 e. The van der Waals surface area contributed by atoms with Gasteiger partial charge in [-0.05, 0) is 113 Å². The van der Waals surface area contributed by atoms with Crippen LogP contribution in [0.25, 0.3) is 0 Å². The number of fused-ring (bicyclic) bond motifs is 3. The van der Waals surface area contributed by atoms with Crippen molar-refractivity contribution in [1.29, 1.82) is 0 Å². The predicted molar refractivity (Wildman–Crippen MR) is 233 cm³/mol. The molecule has 5 aliphatic rings. The molecule has 2 saturated heterocycles. The van der Waals surface area contributed by atoms with E-state index in [1.54, 1.807) is 19.9 Å². The summed E-state index contributed by atoms with van der Waals surface area (Å²) in [6.45, 7) is 11.6. The second kappa shape index (κ2) is 22.7. The standard InChI is InChI=1S/C48H74N2O13/c1-9-10-21-60-41(53)28-61-36-15-13-34(14-16-36)25-31(4)42-33(6)37(51)27-38(52)35-17-19-49-47(46(56)62-42)18-11-12-20-50(47)45(55)44(54)48(57)32(5)26-40(59-8)43(63-48)39(58-7)24-30(3)22-29(2)23-35/h17,19,25,29-30,32-34,36-37,39-40,42-43,51,57H,9-16,18,20-24,26-28H2,1-8H3/b31-25?,35-17-,49-19?. The number of hydrogen-bond donors (Lipinski definition) is 2. The number of aliphatic hydroxyl groups excluding tert-OH is 1. The van der Waals surface area contributed by atoms with Crippen molar-refractivity contribution < 1.29 is 62.6 Å². The summed E-state index contributed by atoms with van der Waals surface area (Å²) < 4.78 is 35.6. The molecule has 15 heteroatoms. The van der Waals surface area contributed by atoms with E-state index in [9.17, 15) is 29.4 Å². The number of aliphatic imine (C=N–C) groups is 1. The summed E-state index contributed by atoms with van der Waals surface area (Å²) in [7, 11) is 3.06. The van der Waals surface area contributed by atoms with Crippen LogP contribution in [0.4, 0.5) is 0 Å². The smallest absolute Gasteiger partial charge is 0.355 e. The van der Waals surface area contributed by atoms with E-state index in [-0.39, 0.29) is 68.0 Å². The highest BCUT2D eigenvalue weighted by Gasteiger charge is 2.59. The number of piperidine rings is 1. The average molecular weight is 887 g/mol. The molecule has 5 rings (SSSR count). The Hall–Kier alpha value is -3.34. The molecule has 2 N–H and O–H groups in total. The van der Waals surface area contributed by atoms with E-state index < -0.39 is 71.5 Å². The summed E-state index contributed by atoms with van der Waals surface area (Å²) in [5, 5.41) is 24.0. The van der Waals surface area contributed by atoms with Gasteiger partial charge >= 0.3 is 11.9 Å². The number of unbranched alkanes of at least 4 members (excludes halogenated alkanes) is 1. The molecule has 0 aromatic rings.